The average Bonchev–Trinajstić information content (AvgIpc) is 2.83. The van der Waals surface area contributed by atoms with E-state index in [1.165, 1.54) is 0 Å². The fourth-order valence-corrected chi connectivity index (χ4v) is 1.94. The first-order valence-corrected chi connectivity index (χ1v) is 6.04. The molecular formula is C15H13N3O. The Kier molecular flexibility index (Phi) is 2.76. The summed E-state index contributed by atoms with van der Waals surface area (Å²) in [6, 6.07) is 13.2. The molecule has 0 saturated carbocycles. The number of rotatable bonds is 2. The predicted molar refractivity (Wildman–Crippen MR) is 74.6 cm³/mol. The van der Waals surface area contributed by atoms with Gasteiger partial charge in [0.25, 0.3) is 5.91 Å². The van der Waals surface area contributed by atoms with Crippen molar-refractivity contribution >= 4 is 16.9 Å². The summed E-state index contributed by atoms with van der Waals surface area (Å²) in [4.78, 5) is 16.4. The molecule has 19 heavy (non-hydrogen) atoms. The zero-order chi connectivity index (χ0) is 13.2. The highest BCUT2D eigenvalue weighted by Gasteiger charge is 2.07. The Morgan fingerprint density at radius 2 is 1.95 bits per heavy atom. The van der Waals surface area contributed by atoms with Gasteiger partial charge in [0.15, 0.2) is 5.65 Å². The molecule has 3 aromatic rings. The zero-order valence-corrected chi connectivity index (χ0v) is 10.5. The molecule has 1 amide bonds. The number of carbonyl (C=O) groups is 1. The Labute approximate surface area is 110 Å². The molecule has 2 aromatic heterocycles. The van der Waals surface area contributed by atoms with Crippen molar-refractivity contribution in [2.75, 3.05) is 5.43 Å². The van der Waals surface area contributed by atoms with Crippen molar-refractivity contribution in [3.63, 3.8) is 0 Å². The molecule has 4 nitrogen and oxygen atoms in total. The maximum atomic E-state index is 12.1. The largest absolute Gasteiger partial charge is 0.270 e. The first-order valence-electron chi connectivity index (χ1n) is 6.04. The number of hydrogen-bond acceptors (Lipinski definition) is 2. The van der Waals surface area contributed by atoms with Gasteiger partial charge in [-0.25, -0.2) is 9.66 Å². The third-order valence-electron chi connectivity index (χ3n) is 2.98. The maximum Gasteiger partial charge on any atom is 0.270 e. The van der Waals surface area contributed by atoms with E-state index in [1.807, 2.05) is 49.4 Å². The number of nitrogens with zero attached hydrogens (tertiary/aromatic N) is 2. The number of aryl methyl sites for hydroxylation is 1. The first-order chi connectivity index (χ1) is 9.24. The third-order valence-corrected chi connectivity index (χ3v) is 2.98. The molecule has 2 heterocycles. The van der Waals surface area contributed by atoms with Crippen LogP contribution in [0.25, 0.3) is 11.0 Å². The minimum atomic E-state index is -0.150. The molecule has 94 valence electrons. The van der Waals surface area contributed by atoms with Crippen LogP contribution in [0.4, 0.5) is 0 Å². The summed E-state index contributed by atoms with van der Waals surface area (Å²) in [7, 11) is 0. The van der Waals surface area contributed by atoms with Crippen molar-refractivity contribution in [3.8, 4) is 0 Å². The zero-order valence-electron chi connectivity index (χ0n) is 10.5. The van der Waals surface area contributed by atoms with Crippen LogP contribution in [0.15, 0.2) is 54.9 Å². The summed E-state index contributed by atoms with van der Waals surface area (Å²) in [5, 5.41) is 0.992. The van der Waals surface area contributed by atoms with Crippen LogP contribution in [0.3, 0.4) is 0 Å². The van der Waals surface area contributed by atoms with Gasteiger partial charge in [0.05, 0.1) is 0 Å². The van der Waals surface area contributed by atoms with Gasteiger partial charge in [-0.15, -0.1) is 0 Å². The lowest BCUT2D eigenvalue weighted by atomic mass is 10.1. The Balaban J connectivity index is 1.89. The van der Waals surface area contributed by atoms with Crippen LogP contribution in [0.1, 0.15) is 15.9 Å². The van der Waals surface area contributed by atoms with Gasteiger partial charge < -0.3 is 0 Å². The van der Waals surface area contributed by atoms with Gasteiger partial charge in [-0.3, -0.25) is 10.2 Å². The Hall–Kier alpha value is -2.62. The van der Waals surface area contributed by atoms with Crippen molar-refractivity contribution in [1.82, 2.24) is 9.66 Å². The molecule has 0 aliphatic rings. The second-order valence-corrected chi connectivity index (χ2v) is 4.41. The Morgan fingerprint density at radius 3 is 2.74 bits per heavy atom. The third kappa shape index (κ3) is 2.20. The van der Waals surface area contributed by atoms with E-state index in [0.717, 1.165) is 16.6 Å². The summed E-state index contributed by atoms with van der Waals surface area (Å²) >= 11 is 0. The smallest absolute Gasteiger partial charge is 0.267 e. The van der Waals surface area contributed by atoms with Crippen LogP contribution in [0, 0.1) is 6.92 Å². The number of hydrogen-bond donors (Lipinski definition) is 1. The highest BCUT2D eigenvalue weighted by atomic mass is 16.2. The van der Waals surface area contributed by atoms with Crippen LogP contribution < -0.4 is 5.43 Å². The van der Waals surface area contributed by atoms with E-state index in [-0.39, 0.29) is 5.91 Å². The molecule has 0 fully saturated rings. The summed E-state index contributed by atoms with van der Waals surface area (Å²) < 4.78 is 1.64. The molecular weight excluding hydrogens is 238 g/mol. The van der Waals surface area contributed by atoms with E-state index in [9.17, 15) is 4.79 Å². The van der Waals surface area contributed by atoms with Crippen LogP contribution in [0.2, 0.25) is 0 Å². The van der Waals surface area contributed by atoms with E-state index >= 15 is 0 Å². The second-order valence-electron chi connectivity index (χ2n) is 4.41. The van der Waals surface area contributed by atoms with Crippen LogP contribution in [-0.4, -0.2) is 15.6 Å². The van der Waals surface area contributed by atoms with Gasteiger partial charge in [0, 0.05) is 23.3 Å². The van der Waals surface area contributed by atoms with Gasteiger partial charge in [-0.1, -0.05) is 17.7 Å². The molecule has 0 aliphatic carbocycles. The number of nitrogens with one attached hydrogen (secondary N) is 1. The topological polar surface area (TPSA) is 46.9 Å². The van der Waals surface area contributed by atoms with Crippen LogP contribution in [0.5, 0.6) is 0 Å². The van der Waals surface area contributed by atoms with E-state index in [0.29, 0.717) is 5.56 Å². The fraction of sp³-hybridized carbons (Fsp3) is 0.0667. The first kappa shape index (κ1) is 11.5. The van der Waals surface area contributed by atoms with E-state index < -0.39 is 0 Å². The molecule has 0 bridgehead atoms. The molecule has 3 rings (SSSR count). The normalized spacial score (nSPS) is 10.6. The van der Waals surface area contributed by atoms with E-state index in [4.69, 9.17) is 0 Å². The van der Waals surface area contributed by atoms with Crippen molar-refractivity contribution in [3.05, 3.63) is 66.0 Å². The molecule has 0 aliphatic heterocycles. The standard InChI is InChI=1S/C15H13N3O/c1-11-4-6-13(7-5-11)15(19)17-18-10-8-12-3-2-9-16-14(12)18/h2-10H,1H3,(H,17,19). The molecule has 1 N–H and O–H groups in total. The van der Waals surface area contributed by atoms with E-state index in [1.54, 1.807) is 17.1 Å². The van der Waals surface area contributed by atoms with Crippen molar-refractivity contribution in [2.45, 2.75) is 6.92 Å². The van der Waals surface area contributed by atoms with Gasteiger partial charge in [-0.2, -0.15) is 0 Å². The summed E-state index contributed by atoms with van der Waals surface area (Å²) in [5.41, 5.74) is 5.31. The highest BCUT2D eigenvalue weighted by Crippen LogP contribution is 2.11. The average molecular weight is 251 g/mol. The lowest BCUT2D eigenvalue weighted by Gasteiger charge is -2.07. The number of carbonyl (C=O) groups excluding carboxylic acids is 1. The molecule has 0 atom stereocenters. The van der Waals surface area contributed by atoms with Crippen LogP contribution in [-0.2, 0) is 0 Å². The Bertz CT molecular complexity index is 728. The lowest BCUT2D eigenvalue weighted by Crippen LogP contribution is -2.22. The molecule has 0 spiro atoms. The molecule has 0 saturated heterocycles. The maximum absolute atomic E-state index is 12.1. The number of fused-ring (bicyclic) bond motifs is 1. The van der Waals surface area contributed by atoms with E-state index in [2.05, 4.69) is 10.4 Å². The van der Waals surface area contributed by atoms with Gasteiger partial charge in [-0.05, 0) is 37.3 Å². The Morgan fingerprint density at radius 1 is 1.16 bits per heavy atom. The molecule has 4 heteroatoms. The van der Waals surface area contributed by atoms with Gasteiger partial charge in [0.2, 0.25) is 0 Å². The molecule has 0 unspecified atom stereocenters. The van der Waals surface area contributed by atoms with Gasteiger partial charge >= 0.3 is 0 Å². The summed E-state index contributed by atoms with van der Waals surface area (Å²) in [6.45, 7) is 1.99. The fourth-order valence-electron chi connectivity index (χ4n) is 1.94. The van der Waals surface area contributed by atoms with Crippen molar-refractivity contribution in [1.29, 1.82) is 0 Å². The monoisotopic (exact) mass is 251 g/mol. The molecule has 1 aromatic carbocycles. The predicted octanol–water partition coefficient (Wildman–Crippen LogP) is 2.73. The summed E-state index contributed by atoms with van der Waals surface area (Å²) in [5.74, 6) is -0.150. The number of pyridine rings is 1. The highest BCUT2D eigenvalue weighted by molar-refractivity contribution is 6.00. The van der Waals surface area contributed by atoms with Crippen molar-refractivity contribution < 1.29 is 4.79 Å². The number of amides is 1. The minimum Gasteiger partial charge on any atom is -0.267 e. The number of aromatic nitrogens is 2. The minimum absolute atomic E-state index is 0.150. The molecule has 0 radical (unpaired) electrons. The van der Waals surface area contributed by atoms with Gasteiger partial charge in [0.1, 0.15) is 0 Å². The number of benzene rings is 1. The SMILES string of the molecule is Cc1ccc(C(=O)Nn2ccc3cccnc32)cc1. The summed E-state index contributed by atoms with van der Waals surface area (Å²) in [6.07, 6.45) is 3.50. The lowest BCUT2D eigenvalue weighted by molar-refractivity contribution is 0.101. The second kappa shape index (κ2) is 4.57. The van der Waals surface area contributed by atoms with Crippen LogP contribution >= 0.6 is 0 Å². The van der Waals surface area contributed by atoms with Crippen molar-refractivity contribution in [2.24, 2.45) is 0 Å². The quantitative estimate of drug-likeness (QED) is 0.761.